The van der Waals surface area contributed by atoms with Gasteiger partial charge in [0.2, 0.25) is 5.88 Å². The molecule has 0 atom stereocenters. The normalized spacial score (nSPS) is 11.2. The maximum absolute atomic E-state index is 13.3. The summed E-state index contributed by atoms with van der Waals surface area (Å²) in [5.74, 6) is 0.779. The molecule has 3 aromatic carbocycles. The minimum absolute atomic E-state index is 0.202. The maximum Gasteiger partial charge on any atom is 0.265 e. The van der Waals surface area contributed by atoms with Crippen LogP contribution in [0.4, 0.5) is 5.69 Å². The van der Waals surface area contributed by atoms with Gasteiger partial charge in [0.1, 0.15) is 0 Å². The lowest BCUT2D eigenvalue weighted by Gasteiger charge is -2.15. The van der Waals surface area contributed by atoms with E-state index in [1.54, 1.807) is 42.6 Å². The van der Waals surface area contributed by atoms with Crippen LogP contribution < -0.4 is 15.0 Å². The Morgan fingerprint density at radius 2 is 1.58 bits per heavy atom. The molecule has 6 heteroatoms. The quantitative estimate of drug-likeness (QED) is 0.477. The average molecular weight is 414 g/mol. The first-order valence-corrected chi connectivity index (χ1v) is 9.73. The van der Waals surface area contributed by atoms with Crippen LogP contribution in [0.3, 0.4) is 0 Å². The lowest BCUT2D eigenvalue weighted by Crippen LogP contribution is -2.20. The standard InChI is InChI=1S/C25H22N2O4/c1-16-8-10-17(11-9-16)26-15-21-19-6-4-5-7-20(19)24(28)27(25(21)29)18-12-13-22(30-2)23(14-18)31-3/h4-15,29H,1-3H3. The van der Waals surface area contributed by atoms with Gasteiger partial charge in [0, 0.05) is 23.1 Å². The van der Waals surface area contributed by atoms with Crippen molar-refractivity contribution in [3.05, 3.63) is 88.2 Å². The minimum atomic E-state index is -0.340. The zero-order valence-electron chi connectivity index (χ0n) is 17.5. The lowest BCUT2D eigenvalue weighted by atomic mass is 10.1. The third-order valence-electron chi connectivity index (χ3n) is 5.11. The molecule has 6 nitrogen and oxygen atoms in total. The minimum Gasteiger partial charge on any atom is -0.494 e. The topological polar surface area (TPSA) is 73.0 Å². The Morgan fingerprint density at radius 1 is 0.903 bits per heavy atom. The molecule has 0 aliphatic rings. The number of methoxy groups -OCH3 is 2. The molecule has 0 aliphatic carbocycles. The highest BCUT2D eigenvalue weighted by Crippen LogP contribution is 2.32. The first-order chi connectivity index (χ1) is 15.0. The molecule has 0 unspecified atom stereocenters. The Hall–Kier alpha value is -4.06. The van der Waals surface area contributed by atoms with E-state index in [1.165, 1.54) is 18.8 Å². The molecule has 1 aromatic heterocycles. The second kappa shape index (κ2) is 8.36. The van der Waals surface area contributed by atoms with Crippen LogP contribution >= 0.6 is 0 Å². The number of aromatic hydroxyl groups is 1. The van der Waals surface area contributed by atoms with Crippen molar-refractivity contribution in [2.75, 3.05) is 14.2 Å². The number of ether oxygens (including phenoxy) is 2. The van der Waals surface area contributed by atoms with Crippen LogP contribution in [-0.4, -0.2) is 30.1 Å². The monoisotopic (exact) mass is 414 g/mol. The fourth-order valence-electron chi connectivity index (χ4n) is 3.46. The molecule has 1 heterocycles. The van der Waals surface area contributed by atoms with Crippen molar-refractivity contribution in [1.82, 2.24) is 4.57 Å². The van der Waals surface area contributed by atoms with E-state index in [9.17, 15) is 9.90 Å². The largest absolute Gasteiger partial charge is 0.494 e. The van der Waals surface area contributed by atoms with Crippen molar-refractivity contribution in [2.45, 2.75) is 6.92 Å². The Bertz CT molecular complexity index is 1340. The molecule has 0 amide bonds. The predicted molar refractivity (Wildman–Crippen MR) is 123 cm³/mol. The summed E-state index contributed by atoms with van der Waals surface area (Å²) < 4.78 is 11.9. The molecular weight excluding hydrogens is 392 g/mol. The number of hydrogen-bond donors (Lipinski definition) is 1. The van der Waals surface area contributed by atoms with Crippen molar-refractivity contribution >= 4 is 22.7 Å². The summed E-state index contributed by atoms with van der Waals surface area (Å²) in [5, 5.41) is 12.2. The van der Waals surface area contributed by atoms with Crippen LogP contribution in [0.25, 0.3) is 16.5 Å². The molecule has 156 valence electrons. The smallest absolute Gasteiger partial charge is 0.265 e. The van der Waals surface area contributed by atoms with Gasteiger partial charge in [0.15, 0.2) is 11.5 Å². The molecule has 0 fully saturated rings. The summed E-state index contributed by atoms with van der Waals surface area (Å²) in [6, 6.07) is 19.9. The van der Waals surface area contributed by atoms with Gasteiger partial charge in [-0.3, -0.25) is 9.79 Å². The van der Waals surface area contributed by atoms with Crippen LogP contribution in [0.15, 0.2) is 76.5 Å². The number of nitrogens with zero attached hydrogens (tertiary/aromatic N) is 2. The van der Waals surface area contributed by atoms with Gasteiger partial charge in [-0.15, -0.1) is 0 Å². The Morgan fingerprint density at radius 3 is 2.26 bits per heavy atom. The summed E-state index contributed by atoms with van der Waals surface area (Å²) in [5.41, 5.74) is 2.45. The number of aromatic nitrogens is 1. The van der Waals surface area contributed by atoms with Gasteiger partial charge in [-0.1, -0.05) is 35.9 Å². The summed E-state index contributed by atoms with van der Waals surface area (Å²) in [6.07, 6.45) is 1.58. The van der Waals surface area contributed by atoms with Crippen molar-refractivity contribution in [3.8, 4) is 23.1 Å². The molecule has 4 rings (SSSR count). The summed E-state index contributed by atoms with van der Waals surface area (Å²) in [6.45, 7) is 2.01. The molecule has 31 heavy (non-hydrogen) atoms. The molecule has 0 spiro atoms. The number of aryl methyl sites for hydroxylation is 1. The number of pyridine rings is 1. The predicted octanol–water partition coefficient (Wildman–Crippen LogP) is 4.77. The van der Waals surface area contributed by atoms with Gasteiger partial charge in [-0.25, -0.2) is 4.57 Å². The van der Waals surface area contributed by atoms with Crippen LogP contribution in [0.5, 0.6) is 17.4 Å². The van der Waals surface area contributed by atoms with Gasteiger partial charge < -0.3 is 14.6 Å². The molecule has 1 N–H and O–H groups in total. The van der Waals surface area contributed by atoms with E-state index in [-0.39, 0.29) is 11.4 Å². The van der Waals surface area contributed by atoms with E-state index < -0.39 is 0 Å². The van der Waals surface area contributed by atoms with Crippen LogP contribution in [0.2, 0.25) is 0 Å². The van der Waals surface area contributed by atoms with E-state index in [0.717, 1.165) is 11.3 Å². The number of rotatable bonds is 5. The third kappa shape index (κ3) is 3.75. The maximum atomic E-state index is 13.3. The van der Waals surface area contributed by atoms with Crippen LogP contribution in [0, 0.1) is 6.92 Å². The zero-order valence-corrected chi connectivity index (χ0v) is 17.5. The molecule has 0 saturated carbocycles. The Labute approximate surface area is 179 Å². The van der Waals surface area contributed by atoms with Crippen LogP contribution in [-0.2, 0) is 0 Å². The molecule has 0 saturated heterocycles. The second-order valence-corrected chi connectivity index (χ2v) is 7.06. The molecular formula is C25H22N2O4. The van der Waals surface area contributed by atoms with Gasteiger partial charge in [0.05, 0.1) is 31.2 Å². The molecule has 4 aromatic rings. The average Bonchev–Trinajstić information content (AvgIpc) is 2.80. The number of hydrogen-bond acceptors (Lipinski definition) is 5. The second-order valence-electron chi connectivity index (χ2n) is 7.06. The highest BCUT2D eigenvalue weighted by atomic mass is 16.5. The van der Waals surface area contributed by atoms with E-state index >= 15 is 0 Å². The third-order valence-corrected chi connectivity index (χ3v) is 5.11. The van der Waals surface area contributed by atoms with Crippen molar-refractivity contribution in [2.24, 2.45) is 4.99 Å². The highest BCUT2D eigenvalue weighted by Gasteiger charge is 2.17. The fraction of sp³-hybridized carbons (Fsp3) is 0.120. The van der Waals surface area contributed by atoms with E-state index in [0.29, 0.717) is 33.5 Å². The first-order valence-electron chi connectivity index (χ1n) is 9.73. The summed E-state index contributed by atoms with van der Waals surface area (Å²) >= 11 is 0. The fourth-order valence-corrected chi connectivity index (χ4v) is 3.46. The number of benzene rings is 3. The van der Waals surface area contributed by atoms with Gasteiger partial charge in [-0.05, 0) is 37.3 Å². The molecule has 0 aliphatic heterocycles. The number of aliphatic imine (C=N–C) groups is 1. The van der Waals surface area contributed by atoms with E-state index in [4.69, 9.17) is 9.47 Å². The molecule has 0 radical (unpaired) electrons. The van der Waals surface area contributed by atoms with Gasteiger partial charge in [0.25, 0.3) is 5.56 Å². The lowest BCUT2D eigenvalue weighted by molar-refractivity contribution is 0.354. The Balaban J connectivity index is 1.95. The zero-order chi connectivity index (χ0) is 22.0. The van der Waals surface area contributed by atoms with Gasteiger partial charge >= 0.3 is 0 Å². The van der Waals surface area contributed by atoms with Crippen LogP contribution in [0.1, 0.15) is 11.1 Å². The number of fused-ring (bicyclic) bond motifs is 1. The van der Waals surface area contributed by atoms with E-state index in [1.807, 2.05) is 37.3 Å². The summed E-state index contributed by atoms with van der Waals surface area (Å²) in [4.78, 5) is 17.8. The molecule has 0 bridgehead atoms. The van der Waals surface area contributed by atoms with E-state index in [2.05, 4.69) is 4.99 Å². The van der Waals surface area contributed by atoms with Crippen molar-refractivity contribution in [3.63, 3.8) is 0 Å². The summed E-state index contributed by atoms with van der Waals surface area (Å²) in [7, 11) is 3.06. The first kappa shape index (κ1) is 20.2. The SMILES string of the molecule is COc1ccc(-n2c(O)c(C=Nc3ccc(C)cc3)c3ccccc3c2=O)cc1OC. The van der Waals surface area contributed by atoms with Crippen molar-refractivity contribution < 1.29 is 14.6 Å². The highest BCUT2D eigenvalue weighted by molar-refractivity contribution is 6.02. The van der Waals surface area contributed by atoms with Gasteiger partial charge in [-0.2, -0.15) is 0 Å². The Kier molecular flexibility index (Phi) is 5.45. The van der Waals surface area contributed by atoms with Crippen molar-refractivity contribution in [1.29, 1.82) is 0 Å².